The number of benzene rings is 2. The molecule has 2 rings (SSSR count). The molecule has 0 fully saturated rings. The fraction of sp³-hybridized carbons (Fsp3) is 0.188. The molecule has 23 heavy (non-hydrogen) atoms. The Morgan fingerprint density at radius 2 is 1.74 bits per heavy atom. The van der Waals surface area contributed by atoms with Crippen LogP contribution in [0.3, 0.4) is 0 Å². The van der Waals surface area contributed by atoms with Gasteiger partial charge in [0, 0.05) is 0 Å². The summed E-state index contributed by atoms with van der Waals surface area (Å²) in [6, 6.07) is 13.5. The highest BCUT2D eigenvalue weighted by atomic mass is 32.2. The van der Waals surface area contributed by atoms with Gasteiger partial charge < -0.3 is 10.1 Å². The molecule has 0 aliphatic rings. The van der Waals surface area contributed by atoms with Crippen molar-refractivity contribution >= 4 is 21.6 Å². The molecule has 2 aromatic carbocycles. The van der Waals surface area contributed by atoms with E-state index >= 15 is 0 Å². The van der Waals surface area contributed by atoms with Crippen LogP contribution < -0.4 is 14.8 Å². The SMILES string of the molecule is COc1ccccc1NC(=O)CNS(=O)(=O)c1ccccc1C. The lowest BCUT2D eigenvalue weighted by molar-refractivity contribution is -0.115. The van der Waals surface area contributed by atoms with Crippen LogP contribution in [0.15, 0.2) is 53.4 Å². The first-order valence-electron chi connectivity index (χ1n) is 6.92. The number of rotatable bonds is 6. The summed E-state index contributed by atoms with van der Waals surface area (Å²) in [6.07, 6.45) is 0. The number of ether oxygens (including phenoxy) is 1. The highest BCUT2D eigenvalue weighted by Crippen LogP contribution is 2.22. The van der Waals surface area contributed by atoms with Gasteiger partial charge in [-0.3, -0.25) is 4.79 Å². The molecule has 0 saturated carbocycles. The summed E-state index contributed by atoms with van der Waals surface area (Å²) >= 11 is 0. The van der Waals surface area contributed by atoms with Crippen LogP contribution in [0.1, 0.15) is 5.56 Å². The number of hydrogen-bond donors (Lipinski definition) is 2. The number of amides is 1. The molecule has 0 atom stereocenters. The number of hydrogen-bond acceptors (Lipinski definition) is 4. The lowest BCUT2D eigenvalue weighted by atomic mass is 10.2. The van der Waals surface area contributed by atoms with E-state index < -0.39 is 15.9 Å². The second kappa shape index (κ2) is 7.26. The summed E-state index contributed by atoms with van der Waals surface area (Å²) in [5.74, 6) is 0.0225. The number of carbonyl (C=O) groups excluding carboxylic acids is 1. The summed E-state index contributed by atoms with van der Waals surface area (Å²) in [6.45, 7) is 1.33. The Labute approximate surface area is 135 Å². The predicted octanol–water partition coefficient (Wildman–Crippen LogP) is 1.92. The van der Waals surface area contributed by atoms with Crippen molar-refractivity contribution < 1.29 is 17.9 Å². The molecule has 0 aliphatic carbocycles. The lowest BCUT2D eigenvalue weighted by Crippen LogP contribution is -2.33. The normalized spacial score (nSPS) is 11.0. The minimum absolute atomic E-state index is 0.157. The predicted molar refractivity (Wildman–Crippen MR) is 88.0 cm³/mol. The molecule has 6 nitrogen and oxygen atoms in total. The zero-order valence-electron chi connectivity index (χ0n) is 12.9. The topological polar surface area (TPSA) is 84.5 Å². The summed E-state index contributed by atoms with van der Waals surface area (Å²) < 4.78 is 31.9. The van der Waals surface area contributed by atoms with Crippen molar-refractivity contribution in [1.29, 1.82) is 0 Å². The Morgan fingerprint density at radius 3 is 2.43 bits per heavy atom. The minimum atomic E-state index is -3.74. The maximum atomic E-state index is 12.2. The van der Waals surface area contributed by atoms with E-state index in [2.05, 4.69) is 10.0 Å². The van der Waals surface area contributed by atoms with Gasteiger partial charge in [-0.2, -0.15) is 0 Å². The van der Waals surface area contributed by atoms with Crippen molar-refractivity contribution in [3.8, 4) is 5.75 Å². The molecular weight excluding hydrogens is 316 g/mol. The Morgan fingerprint density at radius 1 is 1.09 bits per heavy atom. The maximum absolute atomic E-state index is 12.2. The van der Waals surface area contributed by atoms with Gasteiger partial charge in [0.05, 0.1) is 24.2 Å². The molecule has 0 saturated heterocycles. The maximum Gasteiger partial charge on any atom is 0.241 e. The van der Waals surface area contributed by atoms with E-state index in [0.717, 1.165) is 0 Å². The Hall–Kier alpha value is -2.38. The van der Waals surface area contributed by atoms with E-state index in [4.69, 9.17) is 4.74 Å². The second-order valence-electron chi connectivity index (χ2n) is 4.84. The first-order chi connectivity index (χ1) is 10.9. The van der Waals surface area contributed by atoms with E-state index in [1.54, 1.807) is 49.4 Å². The lowest BCUT2D eigenvalue weighted by Gasteiger charge is -2.11. The van der Waals surface area contributed by atoms with Crippen molar-refractivity contribution in [3.05, 3.63) is 54.1 Å². The molecule has 0 unspecified atom stereocenters. The van der Waals surface area contributed by atoms with Crippen molar-refractivity contribution in [2.75, 3.05) is 19.0 Å². The average molecular weight is 334 g/mol. The van der Waals surface area contributed by atoms with Gasteiger partial charge in [-0.1, -0.05) is 30.3 Å². The Kier molecular flexibility index (Phi) is 5.36. The van der Waals surface area contributed by atoms with Crippen LogP contribution >= 0.6 is 0 Å². The van der Waals surface area contributed by atoms with Gasteiger partial charge in [0.1, 0.15) is 5.75 Å². The molecule has 0 heterocycles. The number of anilines is 1. The average Bonchev–Trinajstić information content (AvgIpc) is 2.54. The molecule has 0 aromatic heterocycles. The van der Waals surface area contributed by atoms with Crippen LogP contribution in [0.2, 0.25) is 0 Å². The first-order valence-corrected chi connectivity index (χ1v) is 8.40. The van der Waals surface area contributed by atoms with Crippen molar-refractivity contribution in [2.24, 2.45) is 0 Å². The van der Waals surface area contributed by atoms with Crippen molar-refractivity contribution in [1.82, 2.24) is 4.72 Å². The van der Waals surface area contributed by atoms with Gasteiger partial charge in [0.25, 0.3) is 0 Å². The largest absolute Gasteiger partial charge is 0.495 e. The Balaban J connectivity index is 2.03. The third-order valence-electron chi connectivity index (χ3n) is 3.19. The molecule has 2 aromatic rings. The summed E-state index contributed by atoms with van der Waals surface area (Å²) in [5, 5.41) is 2.61. The van der Waals surface area contributed by atoms with E-state index in [9.17, 15) is 13.2 Å². The number of aryl methyl sites for hydroxylation is 1. The number of nitrogens with one attached hydrogen (secondary N) is 2. The number of methoxy groups -OCH3 is 1. The van der Waals surface area contributed by atoms with Crippen LogP contribution in [-0.4, -0.2) is 28.0 Å². The molecule has 0 spiro atoms. The van der Waals surface area contributed by atoms with Gasteiger partial charge in [-0.05, 0) is 30.7 Å². The monoisotopic (exact) mass is 334 g/mol. The zero-order valence-corrected chi connectivity index (χ0v) is 13.7. The molecular formula is C16H18N2O4S. The highest BCUT2D eigenvalue weighted by molar-refractivity contribution is 7.89. The van der Waals surface area contributed by atoms with E-state index in [1.165, 1.54) is 13.2 Å². The van der Waals surface area contributed by atoms with Gasteiger partial charge in [-0.25, -0.2) is 13.1 Å². The second-order valence-corrected chi connectivity index (χ2v) is 6.57. The van der Waals surface area contributed by atoms with Crippen LogP contribution in [-0.2, 0) is 14.8 Å². The van der Waals surface area contributed by atoms with Crippen LogP contribution in [0.5, 0.6) is 5.75 Å². The minimum Gasteiger partial charge on any atom is -0.495 e. The Bertz CT molecular complexity index is 803. The molecule has 122 valence electrons. The fourth-order valence-corrected chi connectivity index (χ4v) is 3.26. The smallest absolute Gasteiger partial charge is 0.241 e. The molecule has 1 amide bonds. The summed E-state index contributed by atoms with van der Waals surface area (Å²) in [5.41, 5.74) is 1.10. The molecule has 0 radical (unpaired) electrons. The van der Waals surface area contributed by atoms with Crippen molar-refractivity contribution in [3.63, 3.8) is 0 Å². The quantitative estimate of drug-likeness (QED) is 0.845. The first kappa shape index (κ1) is 17.0. The van der Waals surface area contributed by atoms with Crippen LogP contribution in [0.25, 0.3) is 0 Å². The van der Waals surface area contributed by atoms with E-state index in [1.807, 2.05) is 0 Å². The number of para-hydroxylation sites is 2. The molecule has 0 aliphatic heterocycles. The standard InChI is InChI=1S/C16H18N2O4S/c1-12-7-3-6-10-15(12)23(20,21)17-11-16(19)18-13-8-4-5-9-14(13)22-2/h3-10,17H,11H2,1-2H3,(H,18,19). The van der Waals surface area contributed by atoms with E-state index in [-0.39, 0.29) is 11.4 Å². The summed E-state index contributed by atoms with van der Waals surface area (Å²) in [7, 11) is -2.24. The van der Waals surface area contributed by atoms with Gasteiger partial charge >= 0.3 is 0 Å². The van der Waals surface area contributed by atoms with E-state index in [0.29, 0.717) is 17.0 Å². The highest BCUT2D eigenvalue weighted by Gasteiger charge is 2.17. The molecule has 2 N–H and O–H groups in total. The third kappa shape index (κ3) is 4.30. The number of sulfonamides is 1. The third-order valence-corrected chi connectivity index (χ3v) is 4.75. The van der Waals surface area contributed by atoms with Crippen LogP contribution in [0.4, 0.5) is 5.69 Å². The van der Waals surface area contributed by atoms with Gasteiger partial charge in [0.2, 0.25) is 15.9 Å². The van der Waals surface area contributed by atoms with Gasteiger partial charge in [-0.15, -0.1) is 0 Å². The van der Waals surface area contributed by atoms with Crippen molar-refractivity contribution in [2.45, 2.75) is 11.8 Å². The summed E-state index contributed by atoms with van der Waals surface area (Å²) in [4.78, 5) is 12.1. The van der Waals surface area contributed by atoms with Crippen LogP contribution in [0, 0.1) is 6.92 Å². The number of carbonyl (C=O) groups is 1. The molecule has 0 bridgehead atoms. The fourth-order valence-electron chi connectivity index (χ4n) is 2.04. The zero-order chi connectivity index (χ0) is 16.9. The molecule has 7 heteroatoms. The van der Waals surface area contributed by atoms with Gasteiger partial charge in [0.15, 0.2) is 0 Å².